The molecule has 1 fully saturated rings. The highest BCUT2D eigenvalue weighted by atomic mass is 16.5. The maximum atomic E-state index is 5.98. The van der Waals surface area contributed by atoms with Crippen molar-refractivity contribution in [3.8, 4) is 22.8 Å². The van der Waals surface area contributed by atoms with Crippen molar-refractivity contribution in [1.29, 1.82) is 0 Å². The van der Waals surface area contributed by atoms with Gasteiger partial charge in [-0.15, -0.1) is 0 Å². The molecule has 1 saturated carbocycles. The summed E-state index contributed by atoms with van der Waals surface area (Å²) in [6.45, 7) is 5.02. The molecular weight excluding hydrogens is 378 g/mol. The first-order valence-electron chi connectivity index (χ1n) is 10.8. The van der Waals surface area contributed by atoms with E-state index in [1.54, 1.807) is 6.20 Å². The molecule has 158 valence electrons. The minimum atomic E-state index is 0.284. The number of hydrogen-bond donors (Lipinski definition) is 2. The Kier molecular flexibility index (Phi) is 6.16. The number of hydrogen-bond acceptors (Lipinski definition) is 7. The summed E-state index contributed by atoms with van der Waals surface area (Å²) in [5.74, 6) is 2.38. The summed E-state index contributed by atoms with van der Waals surface area (Å²) >= 11 is 0. The van der Waals surface area contributed by atoms with Crippen LogP contribution in [0.25, 0.3) is 22.0 Å². The smallest absolute Gasteiger partial charge is 0.222 e. The SMILES string of the molecule is CCOc1cc(OCC)c(-c2ccc3nc(N)nc(NC4CCCCC4)c3c2)cn1. The molecule has 0 atom stereocenters. The van der Waals surface area contributed by atoms with Gasteiger partial charge in [0.1, 0.15) is 11.6 Å². The van der Waals surface area contributed by atoms with E-state index in [0.717, 1.165) is 46.4 Å². The zero-order chi connectivity index (χ0) is 20.9. The van der Waals surface area contributed by atoms with Crippen molar-refractivity contribution in [3.05, 3.63) is 30.5 Å². The van der Waals surface area contributed by atoms with E-state index in [-0.39, 0.29) is 5.95 Å². The Labute approximate surface area is 177 Å². The van der Waals surface area contributed by atoms with Crippen LogP contribution in [0.1, 0.15) is 46.0 Å². The summed E-state index contributed by atoms with van der Waals surface area (Å²) in [5, 5.41) is 4.56. The van der Waals surface area contributed by atoms with E-state index in [4.69, 9.17) is 15.2 Å². The van der Waals surface area contributed by atoms with Gasteiger partial charge in [-0.2, -0.15) is 4.98 Å². The Morgan fingerprint density at radius 2 is 1.83 bits per heavy atom. The molecule has 1 aliphatic rings. The molecule has 0 saturated heterocycles. The highest BCUT2D eigenvalue weighted by Crippen LogP contribution is 2.35. The van der Waals surface area contributed by atoms with Gasteiger partial charge in [-0.1, -0.05) is 25.3 Å². The maximum Gasteiger partial charge on any atom is 0.222 e. The molecule has 30 heavy (non-hydrogen) atoms. The summed E-state index contributed by atoms with van der Waals surface area (Å²) in [6, 6.07) is 8.33. The van der Waals surface area contributed by atoms with Crippen LogP contribution in [-0.2, 0) is 0 Å². The fourth-order valence-electron chi connectivity index (χ4n) is 4.00. The third-order valence-corrected chi connectivity index (χ3v) is 5.40. The molecule has 1 aromatic carbocycles. The lowest BCUT2D eigenvalue weighted by molar-refractivity contribution is 0.314. The monoisotopic (exact) mass is 407 g/mol. The standard InChI is InChI=1S/C23H29N5O2/c1-3-29-20-13-21(30-4-2)25-14-18(20)15-10-11-19-17(12-15)22(28-23(24)27-19)26-16-8-6-5-7-9-16/h10-14,16H,3-9H2,1-2H3,(H3,24,26,27,28). The predicted octanol–water partition coefficient (Wildman–Crippen LogP) is 4.82. The van der Waals surface area contributed by atoms with Crippen LogP contribution in [0.2, 0.25) is 0 Å². The summed E-state index contributed by atoms with van der Waals surface area (Å²) in [7, 11) is 0. The summed E-state index contributed by atoms with van der Waals surface area (Å²) in [5.41, 5.74) is 8.70. The number of fused-ring (bicyclic) bond motifs is 1. The first kappa shape index (κ1) is 20.2. The topological polar surface area (TPSA) is 95.2 Å². The van der Waals surface area contributed by atoms with Crippen LogP contribution in [0.15, 0.2) is 30.5 Å². The lowest BCUT2D eigenvalue weighted by Gasteiger charge is -2.24. The number of ether oxygens (including phenoxy) is 2. The van der Waals surface area contributed by atoms with Gasteiger partial charge in [0.15, 0.2) is 0 Å². The first-order chi connectivity index (χ1) is 14.7. The second kappa shape index (κ2) is 9.15. The Balaban J connectivity index is 1.75. The minimum Gasteiger partial charge on any atom is -0.493 e. The highest BCUT2D eigenvalue weighted by Gasteiger charge is 2.17. The normalized spacial score (nSPS) is 14.6. The zero-order valence-electron chi connectivity index (χ0n) is 17.6. The van der Waals surface area contributed by atoms with Gasteiger partial charge in [0.2, 0.25) is 11.8 Å². The number of nitrogens with zero attached hydrogens (tertiary/aromatic N) is 3. The number of benzene rings is 1. The Bertz CT molecular complexity index is 1020. The summed E-state index contributed by atoms with van der Waals surface area (Å²) in [4.78, 5) is 13.4. The molecular formula is C23H29N5O2. The van der Waals surface area contributed by atoms with Gasteiger partial charge in [0, 0.05) is 29.3 Å². The molecule has 2 aromatic heterocycles. The molecule has 7 nitrogen and oxygen atoms in total. The summed E-state index contributed by atoms with van der Waals surface area (Å²) in [6.07, 6.45) is 7.90. The van der Waals surface area contributed by atoms with Crippen LogP contribution < -0.4 is 20.5 Å². The summed E-state index contributed by atoms with van der Waals surface area (Å²) < 4.78 is 11.4. The third-order valence-electron chi connectivity index (χ3n) is 5.40. The van der Waals surface area contributed by atoms with Crippen LogP contribution in [0.4, 0.5) is 11.8 Å². The molecule has 0 radical (unpaired) electrons. The van der Waals surface area contributed by atoms with Gasteiger partial charge in [0.25, 0.3) is 0 Å². The van der Waals surface area contributed by atoms with E-state index < -0.39 is 0 Å². The van der Waals surface area contributed by atoms with Crippen LogP contribution in [0, 0.1) is 0 Å². The number of nitrogens with one attached hydrogen (secondary N) is 1. The number of aromatic nitrogens is 3. The molecule has 0 spiro atoms. The van der Waals surface area contributed by atoms with E-state index in [2.05, 4.69) is 26.3 Å². The van der Waals surface area contributed by atoms with E-state index in [1.165, 1.54) is 19.3 Å². The lowest BCUT2D eigenvalue weighted by Crippen LogP contribution is -2.23. The molecule has 4 rings (SSSR count). The molecule has 0 unspecified atom stereocenters. The molecule has 7 heteroatoms. The molecule has 2 heterocycles. The van der Waals surface area contributed by atoms with Crippen molar-refractivity contribution in [2.75, 3.05) is 24.3 Å². The maximum absolute atomic E-state index is 5.98. The molecule has 3 aromatic rings. The van der Waals surface area contributed by atoms with Gasteiger partial charge in [-0.05, 0) is 44.4 Å². The lowest BCUT2D eigenvalue weighted by atomic mass is 9.95. The number of nitrogen functional groups attached to an aromatic ring is 1. The Hall–Kier alpha value is -3.09. The van der Waals surface area contributed by atoms with E-state index in [1.807, 2.05) is 32.0 Å². The van der Waals surface area contributed by atoms with Crippen molar-refractivity contribution in [2.24, 2.45) is 0 Å². The van der Waals surface area contributed by atoms with Crippen molar-refractivity contribution >= 4 is 22.7 Å². The van der Waals surface area contributed by atoms with Crippen LogP contribution in [-0.4, -0.2) is 34.2 Å². The van der Waals surface area contributed by atoms with Gasteiger partial charge in [0.05, 0.1) is 18.7 Å². The van der Waals surface area contributed by atoms with Crippen molar-refractivity contribution in [3.63, 3.8) is 0 Å². The van der Waals surface area contributed by atoms with Crippen molar-refractivity contribution in [2.45, 2.75) is 52.0 Å². The van der Waals surface area contributed by atoms with Gasteiger partial charge in [-0.25, -0.2) is 9.97 Å². The largest absolute Gasteiger partial charge is 0.493 e. The molecule has 3 N–H and O–H groups in total. The van der Waals surface area contributed by atoms with Crippen molar-refractivity contribution < 1.29 is 9.47 Å². The van der Waals surface area contributed by atoms with Crippen LogP contribution in [0.5, 0.6) is 11.6 Å². The highest BCUT2D eigenvalue weighted by molar-refractivity contribution is 5.94. The molecule has 0 amide bonds. The predicted molar refractivity (Wildman–Crippen MR) is 120 cm³/mol. The van der Waals surface area contributed by atoms with Crippen LogP contribution >= 0.6 is 0 Å². The van der Waals surface area contributed by atoms with E-state index in [0.29, 0.717) is 25.1 Å². The number of anilines is 2. The number of pyridine rings is 1. The second-order valence-corrected chi connectivity index (χ2v) is 7.53. The number of nitrogens with two attached hydrogens (primary N) is 1. The third kappa shape index (κ3) is 4.40. The average Bonchev–Trinajstić information content (AvgIpc) is 2.75. The first-order valence-corrected chi connectivity index (χ1v) is 10.8. The number of rotatable bonds is 7. The fourth-order valence-corrected chi connectivity index (χ4v) is 4.00. The van der Waals surface area contributed by atoms with Crippen LogP contribution in [0.3, 0.4) is 0 Å². The quantitative estimate of drug-likeness (QED) is 0.580. The Morgan fingerprint density at radius 1 is 1.03 bits per heavy atom. The molecule has 0 aliphatic heterocycles. The molecule has 1 aliphatic carbocycles. The van der Waals surface area contributed by atoms with Gasteiger partial charge >= 0.3 is 0 Å². The Morgan fingerprint density at radius 3 is 2.60 bits per heavy atom. The van der Waals surface area contributed by atoms with Gasteiger partial charge in [-0.3, -0.25) is 0 Å². The van der Waals surface area contributed by atoms with E-state index in [9.17, 15) is 0 Å². The average molecular weight is 408 g/mol. The zero-order valence-corrected chi connectivity index (χ0v) is 17.6. The minimum absolute atomic E-state index is 0.284. The van der Waals surface area contributed by atoms with E-state index >= 15 is 0 Å². The fraction of sp³-hybridized carbons (Fsp3) is 0.435. The van der Waals surface area contributed by atoms with Crippen molar-refractivity contribution in [1.82, 2.24) is 15.0 Å². The van der Waals surface area contributed by atoms with Gasteiger partial charge < -0.3 is 20.5 Å². The second-order valence-electron chi connectivity index (χ2n) is 7.53. The molecule has 0 bridgehead atoms.